The van der Waals surface area contributed by atoms with Gasteiger partial charge in [-0.25, -0.2) is 0 Å². The van der Waals surface area contributed by atoms with E-state index in [0.29, 0.717) is 12.8 Å². The second kappa shape index (κ2) is 18.9. The molecule has 0 aliphatic rings. The number of hydrogen-bond acceptors (Lipinski definition) is 5. The summed E-state index contributed by atoms with van der Waals surface area (Å²) < 4.78 is 0. The summed E-state index contributed by atoms with van der Waals surface area (Å²) >= 11 is 1.25. The van der Waals surface area contributed by atoms with E-state index in [0.717, 1.165) is 19.3 Å². The molecule has 0 saturated carbocycles. The van der Waals surface area contributed by atoms with Gasteiger partial charge in [0.15, 0.2) is 0 Å². The molecule has 3 atom stereocenters. The molecule has 0 radical (unpaired) electrons. The van der Waals surface area contributed by atoms with E-state index < -0.39 is 24.1 Å². The highest BCUT2D eigenvalue weighted by Crippen LogP contribution is 2.21. The van der Waals surface area contributed by atoms with Gasteiger partial charge in [-0.3, -0.25) is 9.59 Å². The van der Waals surface area contributed by atoms with Crippen LogP contribution in [0.25, 0.3) is 0 Å². The zero-order valence-electron chi connectivity index (χ0n) is 17.6. The zero-order chi connectivity index (χ0) is 22.6. The number of thioether (sulfide) groups is 1. The van der Waals surface area contributed by atoms with E-state index in [1.54, 1.807) is 12.2 Å². The molecule has 0 heterocycles. The van der Waals surface area contributed by atoms with Crippen molar-refractivity contribution in [2.75, 3.05) is 5.75 Å². The van der Waals surface area contributed by atoms with Gasteiger partial charge in [0.25, 0.3) is 0 Å². The van der Waals surface area contributed by atoms with Crippen molar-refractivity contribution in [3.63, 3.8) is 0 Å². The smallest absolute Gasteiger partial charge is 0.321 e. The first kappa shape index (κ1) is 27.9. The summed E-state index contributed by atoms with van der Waals surface area (Å²) in [7, 11) is 0. The van der Waals surface area contributed by atoms with Gasteiger partial charge >= 0.3 is 11.9 Å². The third-order valence-electron chi connectivity index (χ3n) is 3.94. The van der Waals surface area contributed by atoms with E-state index in [1.165, 1.54) is 11.8 Å². The summed E-state index contributed by atoms with van der Waals surface area (Å²) in [5, 5.41) is 27.6. The first-order chi connectivity index (χ1) is 14.4. The Bertz CT molecular complexity index is 625. The lowest BCUT2D eigenvalue weighted by Gasteiger charge is -2.20. The van der Waals surface area contributed by atoms with Crippen LogP contribution in [0.3, 0.4) is 0 Å². The molecule has 0 aliphatic heterocycles. The Balaban J connectivity index is 4.56. The van der Waals surface area contributed by atoms with Crippen molar-refractivity contribution < 1.29 is 24.9 Å². The Morgan fingerprint density at radius 3 is 2.23 bits per heavy atom. The number of allylic oxidation sites excluding steroid dienone is 9. The standard InChI is InChI=1S/C23H35NO5S/c1-2-3-4-5-6-7-8-9-10-11-12-13-16-21(30-18-19(24)23(28)29)20(25)15-14-17-22(26)27/h3-4,6-7,9-13,16,19-21,25H,2,5,8,14-15,17-18,24H2,1H3,(H,26,27)(H,28,29)/b4-3+,7-6+,10-9+,12-11+,16-13+/t19?,20-,21+/m0/s1. The van der Waals surface area contributed by atoms with Crippen LogP contribution in [-0.2, 0) is 9.59 Å². The van der Waals surface area contributed by atoms with Gasteiger partial charge < -0.3 is 21.1 Å². The van der Waals surface area contributed by atoms with Crippen LogP contribution in [0, 0.1) is 0 Å². The van der Waals surface area contributed by atoms with Crippen LogP contribution in [0.2, 0.25) is 0 Å². The van der Waals surface area contributed by atoms with E-state index in [2.05, 4.69) is 31.2 Å². The molecular formula is C23H35NO5S. The molecular weight excluding hydrogens is 402 g/mol. The number of carboxylic acid groups (broad SMARTS) is 2. The van der Waals surface area contributed by atoms with Crippen LogP contribution in [0.4, 0.5) is 0 Å². The van der Waals surface area contributed by atoms with Gasteiger partial charge in [0, 0.05) is 17.4 Å². The van der Waals surface area contributed by atoms with Crippen molar-refractivity contribution >= 4 is 23.7 Å². The van der Waals surface area contributed by atoms with Crippen molar-refractivity contribution in [3.8, 4) is 0 Å². The predicted octanol–water partition coefficient (Wildman–Crippen LogP) is 4.09. The van der Waals surface area contributed by atoms with Gasteiger partial charge in [-0.1, -0.05) is 67.7 Å². The predicted molar refractivity (Wildman–Crippen MR) is 125 cm³/mol. The highest BCUT2D eigenvalue weighted by molar-refractivity contribution is 8.00. The molecule has 7 heteroatoms. The molecule has 5 N–H and O–H groups in total. The maximum atomic E-state index is 10.9. The number of nitrogens with two attached hydrogens (primary N) is 1. The normalized spacial score (nSPS) is 15.7. The number of hydrogen-bond donors (Lipinski definition) is 4. The fourth-order valence-electron chi connectivity index (χ4n) is 2.28. The van der Waals surface area contributed by atoms with Gasteiger partial charge in [-0.05, 0) is 32.1 Å². The second-order valence-corrected chi connectivity index (χ2v) is 7.83. The van der Waals surface area contributed by atoms with E-state index in [-0.39, 0.29) is 17.4 Å². The number of rotatable bonds is 17. The molecule has 0 aromatic carbocycles. The summed E-state index contributed by atoms with van der Waals surface area (Å²) in [6.07, 6.45) is 22.5. The van der Waals surface area contributed by atoms with Crippen LogP contribution in [0.15, 0.2) is 60.8 Å². The van der Waals surface area contributed by atoms with E-state index in [9.17, 15) is 14.7 Å². The minimum absolute atomic E-state index is 0.0131. The van der Waals surface area contributed by atoms with Crippen LogP contribution in [-0.4, -0.2) is 50.4 Å². The largest absolute Gasteiger partial charge is 0.481 e. The fourth-order valence-corrected chi connectivity index (χ4v) is 3.41. The molecule has 0 spiro atoms. The third kappa shape index (κ3) is 16.8. The number of carboxylic acids is 2. The monoisotopic (exact) mass is 437 g/mol. The molecule has 0 amide bonds. The average molecular weight is 438 g/mol. The average Bonchev–Trinajstić information content (AvgIpc) is 2.70. The molecule has 0 fully saturated rings. The summed E-state index contributed by atoms with van der Waals surface area (Å²) in [6, 6.07) is -1.01. The lowest BCUT2D eigenvalue weighted by molar-refractivity contribution is -0.138. The minimum atomic E-state index is -1.09. The first-order valence-corrected chi connectivity index (χ1v) is 11.2. The quantitative estimate of drug-likeness (QED) is 0.200. The van der Waals surface area contributed by atoms with Gasteiger partial charge in [0.1, 0.15) is 6.04 Å². The van der Waals surface area contributed by atoms with E-state index in [4.69, 9.17) is 15.9 Å². The maximum Gasteiger partial charge on any atom is 0.321 e. The van der Waals surface area contributed by atoms with Crippen molar-refractivity contribution in [2.45, 2.75) is 62.8 Å². The molecule has 0 bridgehead atoms. The van der Waals surface area contributed by atoms with Gasteiger partial charge in [0.2, 0.25) is 0 Å². The van der Waals surface area contributed by atoms with E-state index >= 15 is 0 Å². The van der Waals surface area contributed by atoms with Crippen molar-refractivity contribution in [1.82, 2.24) is 0 Å². The highest BCUT2D eigenvalue weighted by Gasteiger charge is 2.20. The van der Waals surface area contributed by atoms with Crippen molar-refractivity contribution in [1.29, 1.82) is 0 Å². The van der Waals surface area contributed by atoms with Crippen molar-refractivity contribution in [2.24, 2.45) is 5.73 Å². The van der Waals surface area contributed by atoms with Gasteiger partial charge in [0.05, 0.1) is 6.10 Å². The maximum absolute atomic E-state index is 10.9. The van der Waals surface area contributed by atoms with Gasteiger partial charge in [-0.15, -0.1) is 11.8 Å². The number of aliphatic hydroxyl groups excluding tert-OH is 1. The Kier molecular flexibility index (Phi) is 17.6. The first-order valence-electron chi connectivity index (χ1n) is 10.2. The molecule has 6 nitrogen and oxygen atoms in total. The topological polar surface area (TPSA) is 121 Å². The highest BCUT2D eigenvalue weighted by atomic mass is 32.2. The fraction of sp³-hybridized carbons (Fsp3) is 0.478. The number of carbonyl (C=O) groups is 2. The zero-order valence-corrected chi connectivity index (χ0v) is 18.4. The Hall–Kier alpha value is -2.09. The molecule has 168 valence electrons. The SMILES string of the molecule is CC/C=C/C/C=C/C/C=C/C=C/C=C/[C@@H](SCC(N)C(=O)O)[C@@H](O)CCCC(=O)O. The van der Waals surface area contributed by atoms with Crippen LogP contribution in [0.1, 0.15) is 45.4 Å². The van der Waals surface area contributed by atoms with Crippen molar-refractivity contribution in [3.05, 3.63) is 60.8 Å². The Labute approximate surface area is 183 Å². The minimum Gasteiger partial charge on any atom is -0.481 e. The van der Waals surface area contributed by atoms with Crippen LogP contribution >= 0.6 is 11.8 Å². The number of aliphatic carboxylic acids is 2. The lowest BCUT2D eigenvalue weighted by atomic mass is 10.1. The van der Waals surface area contributed by atoms with E-state index in [1.807, 2.05) is 24.3 Å². The summed E-state index contributed by atoms with van der Waals surface area (Å²) in [5.41, 5.74) is 5.54. The molecule has 0 aliphatic carbocycles. The molecule has 30 heavy (non-hydrogen) atoms. The summed E-state index contributed by atoms with van der Waals surface area (Å²) in [5.74, 6) is -1.84. The van der Waals surface area contributed by atoms with Crippen LogP contribution in [0.5, 0.6) is 0 Å². The number of aliphatic hydroxyl groups is 1. The summed E-state index contributed by atoms with van der Waals surface area (Å²) in [6.45, 7) is 2.11. The molecule has 0 saturated heterocycles. The second-order valence-electron chi connectivity index (χ2n) is 6.62. The van der Waals surface area contributed by atoms with Gasteiger partial charge in [-0.2, -0.15) is 0 Å². The van der Waals surface area contributed by atoms with Crippen LogP contribution < -0.4 is 5.73 Å². The molecule has 1 unspecified atom stereocenters. The molecule has 0 aromatic rings. The Morgan fingerprint density at radius 1 is 0.967 bits per heavy atom. The molecule has 0 rings (SSSR count). The Morgan fingerprint density at radius 2 is 1.60 bits per heavy atom. The lowest BCUT2D eigenvalue weighted by Crippen LogP contribution is -2.34. The third-order valence-corrected chi connectivity index (χ3v) is 5.35. The molecule has 0 aromatic heterocycles. The summed E-state index contributed by atoms with van der Waals surface area (Å²) in [4.78, 5) is 21.5.